The molecule has 0 aromatic rings. The van der Waals surface area contributed by atoms with Crippen LogP contribution in [0.15, 0.2) is 0 Å². The molecule has 4 nitrogen and oxygen atoms in total. The highest BCUT2D eigenvalue weighted by Gasteiger charge is 2.02. The Kier molecular flexibility index (Phi) is 13.7. The maximum Gasteiger partial charge on any atom is 0.154 e. The third-order valence-corrected chi connectivity index (χ3v) is 1.87. The number of aliphatic hydroxyl groups is 1. The first kappa shape index (κ1) is 17.2. The number of hydrogen-bond acceptors (Lipinski definition) is 4. The van der Waals surface area contributed by atoms with E-state index in [1.165, 1.54) is 0 Å². The fourth-order valence-corrected chi connectivity index (χ4v) is 0.728. The average Bonchev–Trinajstić information content (AvgIpc) is 2.18. The summed E-state index contributed by atoms with van der Waals surface area (Å²) in [6.45, 7) is 11.3. The maximum absolute atomic E-state index is 8.38. The molecule has 0 radical (unpaired) electrons. The van der Waals surface area contributed by atoms with Gasteiger partial charge in [-0.2, -0.15) is 0 Å². The zero-order valence-electron chi connectivity index (χ0n) is 10.7. The first-order chi connectivity index (χ1) is 6.99. The molecule has 3 N–H and O–H groups in total. The summed E-state index contributed by atoms with van der Waals surface area (Å²) in [6.07, 6.45) is -0.0370. The van der Waals surface area contributed by atoms with E-state index in [1.807, 2.05) is 34.6 Å². The molecule has 0 saturated heterocycles. The van der Waals surface area contributed by atoms with Gasteiger partial charge in [0.15, 0.2) is 6.29 Å². The van der Waals surface area contributed by atoms with Crippen LogP contribution < -0.4 is 5.73 Å². The maximum atomic E-state index is 8.38. The zero-order chi connectivity index (χ0) is 12.3. The lowest BCUT2D eigenvalue weighted by atomic mass is 10.1. The van der Waals surface area contributed by atoms with Crippen LogP contribution in [0.2, 0.25) is 0 Å². The summed E-state index contributed by atoms with van der Waals surface area (Å²) in [7, 11) is 0. The molecule has 0 saturated carbocycles. The summed E-state index contributed by atoms with van der Waals surface area (Å²) in [5.41, 5.74) is 5.37. The topological polar surface area (TPSA) is 64.7 Å². The number of rotatable bonds is 6. The highest BCUT2D eigenvalue weighted by atomic mass is 16.7. The first-order valence-electron chi connectivity index (χ1n) is 5.59. The normalized spacial score (nSPS) is 12.6. The highest BCUT2D eigenvalue weighted by molar-refractivity contribution is 4.61. The second kappa shape index (κ2) is 11.9. The van der Waals surface area contributed by atoms with Crippen LogP contribution in [0.5, 0.6) is 0 Å². The number of ether oxygens (including phenoxy) is 2. The second-order valence-corrected chi connectivity index (χ2v) is 3.57. The SMILES string of the molecule is CC(C)[C@H](N)CO.CCOC(C)OCC. The molecule has 0 bridgehead atoms. The number of aliphatic hydroxyl groups excluding tert-OH is 1. The van der Waals surface area contributed by atoms with Gasteiger partial charge < -0.3 is 20.3 Å². The summed E-state index contributed by atoms with van der Waals surface area (Å²) < 4.78 is 10.1. The Morgan fingerprint density at radius 1 is 1.07 bits per heavy atom. The van der Waals surface area contributed by atoms with Crippen LogP contribution in [0.4, 0.5) is 0 Å². The van der Waals surface area contributed by atoms with E-state index < -0.39 is 0 Å². The summed E-state index contributed by atoms with van der Waals surface area (Å²) in [5, 5.41) is 8.38. The number of nitrogens with two attached hydrogens (primary N) is 1. The lowest BCUT2D eigenvalue weighted by Gasteiger charge is -2.10. The van der Waals surface area contributed by atoms with Crippen LogP contribution in [0, 0.1) is 5.92 Å². The molecule has 0 fully saturated rings. The van der Waals surface area contributed by atoms with E-state index in [9.17, 15) is 0 Å². The second-order valence-electron chi connectivity index (χ2n) is 3.57. The fourth-order valence-electron chi connectivity index (χ4n) is 0.728. The van der Waals surface area contributed by atoms with Crippen molar-refractivity contribution in [1.82, 2.24) is 0 Å². The molecule has 4 heteroatoms. The number of hydrogen-bond donors (Lipinski definition) is 2. The van der Waals surface area contributed by atoms with Crippen LogP contribution in [-0.4, -0.2) is 37.3 Å². The van der Waals surface area contributed by atoms with Crippen molar-refractivity contribution in [3.8, 4) is 0 Å². The third-order valence-electron chi connectivity index (χ3n) is 1.87. The first-order valence-corrected chi connectivity index (χ1v) is 5.59. The van der Waals surface area contributed by atoms with Crippen molar-refractivity contribution < 1.29 is 14.6 Å². The van der Waals surface area contributed by atoms with Crippen molar-refractivity contribution in [2.45, 2.75) is 47.0 Å². The van der Waals surface area contributed by atoms with Gasteiger partial charge in [-0.25, -0.2) is 0 Å². The van der Waals surface area contributed by atoms with Crippen molar-refractivity contribution in [3.05, 3.63) is 0 Å². The van der Waals surface area contributed by atoms with E-state index >= 15 is 0 Å². The van der Waals surface area contributed by atoms with E-state index in [0.29, 0.717) is 5.92 Å². The summed E-state index contributed by atoms with van der Waals surface area (Å²) in [4.78, 5) is 0. The third kappa shape index (κ3) is 13.8. The Labute approximate surface area is 93.8 Å². The quantitative estimate of drug-likeness (QED) is 0.665. The molecule has 0 aromatic carbocycles. The highest BCUT2D eigenvalue weighted by Crippen LogP contribution is 1.94. The van der Waals surface area contributed by atoms with Crippen molar-refractivity contribution in [2.75, 3.05) is 19.8 Å². The van der Waals surface area contributed by atoms with Crippen molar-refractivity contribution in [1.29, 1.82) is 0 Å². The fraction of sp³-hybridized carbons (Fsp3) is 1.00. The molecule has 15 heavy (non-hydrogen) atoms. The van der Waals surface area contributed by atoms with E-state index in [-0.39, 0.29) is 18.9 Å². The van der Waals surface area contributed by atoms with Crippen molar-refractivity contribution >= 4 is 0 Å². The molecule has 0 aromatic heterocycles. The Balaban J connectivity index is 0. The lowest BCUT2D eigenvalue weighted by molar-refractivity contribution is -0.123. The minimum absolute atomic E-state index is 0.0370. The Morgan fingerprint density at radius 2 is 1.47 bits per heavy atom. The standard InChI is InChI=1S/C6H14O2.C5H13NO/c1-4-7-6(3)8-5-2;1-4(2)5(6)3-7/h6H,4-5H2,1-3H3;4-5,7H,3,6H2,1-2H3/t;5-/m.1/s1. The van der Waals surface area contributed by atoms with Gasteiger partial charge in [0.05, 0.1) is 6.61 Å². The Morgan fingerprint density at radius 3 is 1.60 bits per heavy atom. The Hall–Kier alpha value is -0.160. The largest absolute Gasteiger partial charge is 0.395 e. The van der Waals surface area contributed by atoms with E-state index in [0.717, 1.165) is 13.2 Å². The minimum atomic E-state index is -0.0417. The van der Waals surface area contributed by atoms with E-state index in [2.05, 4.69) is 0 Å². The predicted molar refractivity (Wildman–Crippen MR) is 62.6 cm³/mol. The zero-order valence-corrected chi connectivity index (χ0v) is 10.7. The Bertz CT molecular complexity index is 114. The smallest absolute Gasteiger partial charge is 0.154 e. The molecule has 0 spiro atoms. The molecule has 1 atom stereocenters. The van der Waals surface area contributed by atoms with Crippen LogP contribution in [-0.2, 0) is 9.47 Å². The van der Waals surface area contributed by atoms with Crippen LogP contribution in [0.3, 0.4) is 0 Å². The van der Waals surface area contributed by atoms with Gasteiger partial charge in [0.2, 0.25) is 0 Å². The summed E-state index contributed by atoms with van der Waals surface area (Å²) >= 11 is 0. The van der Waals surface area contributed by atoms with Crippen LogP contribution in [0.25, 0.3) is 0 Å². The molecule has 0 aliphatic rings. The van der Waals surface area contributed by atoms with Crippen LogP contribution >= 0.6 is 0 Å². The van der Waals surface area contributed by atoms with Crippen LogP contribution in [0.1, 0.15) is 34.6 Å². The van der Waals surface area contributed by atoms with E-state index in [1.54, 1.807) is 0 Å². The molecular weight excluding hydrogens is 194 g/mol. The van der Waals surface area contributed by atoms with Gasteiger partial charge in [0.1, 0.15) is 0 Å². The van der Waals surface area contributed by atoms with Crippen molar-refractivity contribution in [2.24, 2.45) is 11.7 Å². The minimum Gasteiger partial charge on any atom is -0.395 e. The molecule has 0 aliphatic carbocycles. The molecule has 0 amide bonds. The van der Waals surface area contributed by atoms with Gasteiger partial charge in [-0.05, 0) is 26.7 Å². The lowest BCUT2D eigenvalue weighted by Crippen LogP contribution is -2.29. The monoisotopic (exact) mass is 221 g/mol. The van der Waals surface area contributed by atoms with Gasteiger partial charge >= 0.3 is 0 Å². The van der Waals surface area contributed by atoms with Gasteiger partial charge in [0, 0.05) is 19.3 Å². The summed E-state index contributed by atoms with van der Waals surface area (Å²) in [5.74, 6) is 0.394. The molecule has 0 aliphatic heterocycles. The molecule has 0 rings (SSSR count). The summed E-state index contributed by atoms with van der Waals surface area (Å²) in [6, 6.07) is -0.0417. The molecule has 0 unspecified atom stereocenters. The van der Waals surface area contributed by atoms with Gasteiger partial charge in [-0.15, -0.1) is 0 Å². The van der Waals surface area contributed by atoms with E-state index in [4.69, 9.17) is 20.3 Å². The molecular formula is C11H27NO3. The molecule has 0 heterocycles. The van der Waals surface area contributed by atoms with Gasteiger partial charge in [-0.1, -0.05) is 13.8 Å². The van der Waals surface area contributed by atoms with Gasteiger partial charge in [-0.3, -0.25) is 0 Å². The van der Waals surface area contributed by atoms with Crippen molar-refractivity contribution in [3.63, 3.8) is 0 Å². The van der Waals surface area contributed by atoms with Gasteiger partial charge in [0.25, 0.3) is 0 Å². The average molecular weight is 221 g/mol. The predicted octanol–water partition coefficient (Wildman–Crippen LogP) is 1.37. The molecule has 94 valence electrons.